The summed E-state index contributed by atoms with van der Waals surface area (Å²) in [6.07, 6.45) is 3.38. The van der Waals surface area contributed by atoms with Gasteiger partial charge >= 0.3 is 11.9 Å². The number of nitrogens with zero attached hydrogens (tertiary/aromatic N) is 3. The number of carboxylic acid groups (broad SMARTS) is 2. The molecule has 11 nitrogen and oxygen atoms in total. The number of carbonyl (C=O) groups is 4. The van der Waals surface area contributed by atoms with Crippen molar-refractivity contribution in [1.82, 2.24) is 19.7 Å². The molecule has 2 fully saturated rings. The monoisotopic (exact) mass is 485 g/mol. The molecule has 188 valence electrons. The van der Waals surface area contributed by atoms with E-state index >= 15 is 0 Å². The molecule has 2 aliphatic heterocycles. The third-order valence-electron chi connectivity index (χ3n) is 6.68. The zero-order valence-corrected chi connectivity index (χ0v) is 19.5. The van der Waals surface area contributed by atoms with Crippen molar-refractivity contribution in [3.63, 3.8) is 0 Å². The molecule has 1 atom stereocenters. The Morgan fingerprint density at radius 3 is 2.34 bits per heavy atom. The minimum absolute atomic E-state index is 0.139. The van der Waals surface area contributed by atoms with E-state index in [0.717, 1.165) is 31.4 Å². The fourth-order valence-electron chi connectivity index (χ4n) is 4.81. The highest BCUT2D eigenvalue weighted by Gasteiger charge is 2.33. The van der Waals surface area contributed by atoms with E-state index in [1.54, 1.807) is 24.4 Å². The van der Waals surface area contributed by atoms with Crippen molar-refractivity contribution < 1.29 is 29.4 Å². The van der Waals surface area contributed by atoms with Crippen LogP contribution in [0.1, 0.15) is 37.3 Å². The summed E-state index contributed by atoms with van der Waals surface area (Å²) in [6, 6.07) is 4.28. The Bertz CT molecular complexity index is 1100. The summed E-state index contributed by atoms with van der Waals surface area (Å²) in [6.45, 7) is 4.26. The van der Waals surface area contributed by atoms with Crippen molar-refractivity contribution in [1.29, 1.82) is 0 Å². The summed E-state index contributed by atoms with van der Waals surface area (Å²) in [4.78, 5) is 56.5. The standard InChI is InChI=1S/C24H31N5O6/c30-20(5-6-22(32)33)26-16-3-4-19-17(13-16)18(14-25-19)23(24(34)35)29-11-9-27(10-12-29)15-21(31)28-7-1-2-8-28/h3-4,13-14,23,25H,1-2,5-12,15H2,(H,26,30)(H,32,33)(H,34,35)/t23-/m0/s1. The Kier molecular flexibility index (Phi) is 7.67. The van der Waals surface area contributed by atoms with Gasteiger partial charge in [0.1, 0.15) is 6.04 Å². The Labute approximate surface area is 202 Å². The second kappa shape index (κ2) is 10.9. The van der Waals surface area contributed by atoms with Crippen LogP contribution in [0.5, 0.6) is 0 Å². The molecular weight excluding hydrogens is 454 g/mol. The van der Waals surface area contributed by atoms with Crippen LogP contribution < -0.4 is 5.32 Å². The van der Waals surface area contributed by atoms with Crippen LogP contribution in [0.4, 0.5) is 5.69 Å². The van der Waals surface area contributed by atoms with Crippen LogP contribution >= 0.6 is 0 Å². The number of carbonyl (C=O) groups excluding carboxylic acids is 2. The average Bonchev–Trinajstić information content (AvgIpc) is 3.50. The fraction of sp³-hybridized carbons (Fsp3) is 0.500. The number of likely N-dealkylation sites (tertiary alicyclic amines) is 1. The molecule has 0 spiro atoms. The van der Waals surface area contributed by atoms with Gasteiger partial charge in [-0.2, -0.15) is 0 Å². The first-order valence-corrected chi connectivity index (χ1v) is 11.9. The van der Waals surface area contributed by atoms with Crippen LogP contribution in [0.15, 0.2) is 24.4 Å². The molecule has 2 saturated heterocycles. The van der Waals surface area contributed by atoms with Gasteiger partial charge < -0.3 is 25.4 Å². The number of nitrogens with one attached hydrogen (secondary N) is 2. The van der Waals surface area contributed by atoms with Gasteiger partial charge in [-0.05, 0) is 31.0 Å². The van der Waals surface area contributed by atoms with Gasteiger partial charge in [0, 0.05) is 74.0 Å². The van der Waals surface area contributed by atoms with Gasteiger partial charge in [-0.3, -0.25) is 29.0 Å². The number of anilines is 1. The van der Waals surface area contributed by atoms with E-state index in [1.807, 2.05) is 9.80 Å². The predicted octanol–water partition coefficient (Wildman–Crippen LogP) is 1.34. The molecule has 0 radical (unpaired) electrons. The Morgan fingerprint density at radius 1 is 0.971 bits per heavy atom. The maximum atomic E-state index is 12.5. The third-order valence-corrected chi connectivity index (χ3v) is 6.68. The van der Waals surface area contributed by atoms with Crippen LogP contribution in [0.25, 0.3) is 10.9 Å². The smallest absolute Gasteiger partial charge is 0.325 e. The van der Waals surface area contributed by atoms with E-state index in [0.29, 0.717) is 49.4 Å². The lowest BCUT2D eigenvalue weighted by atomic mass is 10.0. The van der Waals surface area contributed by atoms with Crippen LogP contribution in [0.3, 0.4) is 0 Å². The number of amides is 2. The first-order chi connectivity index (χ1) is 16.8. The first kappa shape index (κ1) is 24.7. The summed E-state index contributed by atoms with van der Waals surface area (Å²) >= 11 is 0. The Morgan fingerprint density at radius 2 is 1.69 bits per heavy atom. The number of hydrogen-bond acceptors (Lipinski definition) is 6. The number of benzene rings is 1. The Hall–Kier alpha value is -3.44. The van der Waals surface area contributed by atoms with Gasteiger partial charge in [0.05, 0.1) is 13.0 Å². The van der Waals surface area contributed by atoms with Crippen LogP contribution in [0.2, 0.25) is 0 Å². The van der Waals surface area contributed by atoms with Crippen LogP contribution in [0, 0.1) is 0 Å². The Balaban J connectivity index is 1.44. The highest BCUT2D eigenvalue weighted by Crippen LogP contribution is 2.31. The molecule has 11 heteroatoms. The maximum absolute atomic E-state index is 12.5. The molecule has 35 heavy (non-hydrogen) atoms. The number of fused-ring (bicyclic) bond motifs is 1. The summed E-state index contributed by atoms with van der Waals surface area (Å²) < 4.78 is 0. The zero-order chi connectivity index (χ0) is 24.9. The molecule has 0 saturated carbocycles. The van der Waals surface area contributed by atoms with Crippen molar-refractivity contribution in [2.24, 2.45) is 0 Å². The minimum Gasteiger partial charge on any atom is -0.481 e. The van der Waals surface area contributed by atoms with Gasteiger partial charge in [-0.15, -0.1) is 0 Å². The van der Waals surface area contributed by atoms with Crippen LogP contribution in [-0.4, -0.2) is 99.5 Å². The largest absolute Gasteiger partial charge is 0.481 e. The highest BCUT2D eigenvalue weighted by molar-refractivity contribution is 5.96. The SMILES string of the molecule is O=C(O)CCC(=O)Nc1ccc2[nH]cc([C@@H](C(=O)O)N3CCN(CC(=O)N4CCCC4)CC3)c2c1. The van der Waals surface area contributed by atoms with E-state index in [1.165, 1.54) is 0 Å². The average molecular weight is 486 g/mol. The lowest BCUT2D eigenvalue weighted by molar-refractivity contribution is -0.145. The molecule has 2 aliphatic rings. The number of H-pyrrole nitrogens is 1. The van der Waals surface area contributed by atoms with Crippen molar-refractivity contribution in [3.05, 3.63) is 30.0 Å². The van der Waals surface area contributed by atoms with Crippen molar-refractivity contribution in [3.8, 4) is 0 Å². The summed E-state index contributed by atoms with van der Waals surface area (Å²) in [5.74, 6) is -2.30. The van der Waals surface area contributed by atoms with Gasteiger partial charge in [0.15, 0.2) is 0 Å². The number of aromatic nitrogens is 1. The summed E-state index contributed by atoms with van der Waals surface area (Å²) in [7, 11) is 0. The zero-order valence-electron chi connectivity index (χ0n) is 19.5. The fourth-order valence-corrected chi connectivity index (χ4v) is 4.81. The number of rotatable bonds is 9. The first-order valence-electron chi connectivity index (χ1n) is 11.9. The minimum atomic E-state index is -1.05. The van der Waals surface area contributed by atoms with Gasteiger partial charge in [0.25, 0.3) is 0 Å². The lowest BCUT2D eigenvalue weighted by Crippen LogP contribution is -2.51. The number of aliphatic carboxylic acids is 2. The molecule has 4 rings (SSSR count). The third kappa shape index (κ3) is 5.98. The van der Waals surface area contributed by atoms with E-state index in [4.69, 9.17) is 5.11 Å². The quantitative estimate of drug-likeness (QED) is 0.416. The second-order valence-corrected chi connectivity index (χ2v) is 9.09. The molecule has 1 aromatic carbocycles. The molecule has 0 aliphatic carbocycles. The van der Waals surface area contributed by atoms with Crippen molar-refractivity contribution in [2.75, 3.05) is 51.1 Å². The highest BCUT2D eigenvalue weighted by atomic mass is 16.4. The van der Waals surface area contributed by atoms with E-state index in [2.05, 4.69) is 15.2 Å². The van der Waals surface area contributed by atoms with E-state index < -0.39 is 23.9 Å². The maximum Gasteiger partial charge on any atom is 0.325 e. The molecule has 2 amide bonds. The molecule has 2 aromatic rings. The molecule has 0 bridgehead atoms. The number of aromatic amines is 1. The number of carboxylic acids is 2. The summed E-state index contributed by atoms with van der Waals surface area (Å²) in [5.41, 5.74) is 1.81. The normalized spacial score (nSPS) is 18.0. The van der Waals surface area contributed by atoms with Gasteiger partial charge in [0.2, 0.25) is 11.8 Å². The summed E-state index contributed by atoms with van der Waals surface area (Å²) in [5, 5.41) is 22.2. The molecular formula is C24H31N5O6. The number of piperazine rings is 1. The topological polar surface area (TPSA) is 146 Å². The van der Waals surface area contributed by atoms with Crippen LogP contribution in [-0.2, 0) is 19.2 Å². The predicted molar refractivity (Wildman–Crippen MR) is 128 cm³/mol. The number of hydrogen-bond donors (Lipinski definition) is 4. The molecule has 0 unspecified atom stereocenters. The molecule has 3 heterocycles. The van der Waals surface area contributed by atoms with Gasteiger partial charge in [-0.25, -0.2) is 0 Å². The van der Waals surface area contributed by atoms with E-state index in [-0.39, 0.29) is 18.7 Å². The molecule has 1 aromatic heterocycles. The molecule has 4 N–H and O–H groups in total. The van der Waals surface area contributed by atoms with Crippen molar-refractivity contribution >= 4 is 40.3 Å². The van der Waals surface area contributed by atoms with Gasteiger partial charge in [-0.1, -0.05) is 0 Å². The van der Waals surface area contributed by atoms with Crippen molar-refractivity contribution in [2.45, 2.75) is 31.7 Å². The van der Waals surface area contributed by atoms with E-state index in [9.17, 15) is 24.3 Å². The second-order valence-electron chi connectivity index (χ2n) is 9.09. The lowest BCUT2D eigenvalue weighted by Gasteiger charge is -2.37.